The van der Waals surface area contributed by atoms with Gasteiger partial charge in [0.2, 0.25) is 0 Å². The van der Waals surface area contributed by atoms with E-state index in [4.69, 9.17) is 10.8 Å². The monoisotopic (exact) mass is 261 g/mol. The molecular formula is C11H13F2NO2S. The first-order valence-electron chi connectivity index (χ1n) is 5.00. The molecule has 1 atom stereocenters. The average molecular weight is 261 g/mol. The van der Waals surface area contributed by atoms with Crippen LogP contribution in [0.25, 0.3) is 0 Å². The van der Waals surface area contributed by atoms with Crippen LogP contribution < -0.4 is 5.73 Å². The van der Waals surface area contributed by atoms with Gasteiger partial charge < -0.3 is 10.8 Å². The second kappa shape index (κ2) is 6.56. The maximum absolute atomic E-state index is 12.8. The number of aliphatic carboxylic acids is 1. The zero-order chi connectivity index (χ0) is 12.8. The zero-order valence-electron chi connectivity index (χ0n) is 9.03. The Balaban J connectivity index is 2.31. The van der Waals surface area contributed by atoms with Gasteiger partial charge >= 0.3 is 5.97 Å². The summed E-state index contributed by atoms with van der Waals surface area (Å²) in [5.74, 6) is -1.70. The highest BCUT2D eigenvalue weighted by molar-refractivity contribution is 7.98. The average Bonchev–Trinajstić information content (AvgIpc) is 2.28. The van der Waals surface area contributed by atoms with Crippen molar-refractivity contribution < 1.29 is 18.7 Å². The van der Waals surface area contributed by atoms with E-state index in [9.17, 15) is 13.6 Å². The largest absolute Gasteiger partial charge is 0.480 e. The van der Waals surface area contributed by atoms with Gasteiger partial charge in [0.25, 0.3) is 0 Å². The summed E-state index contributed by atoms with van der Waals surface area (Å²) in [5, 5.41) is 8.54. The Kier molecular flexibility index (Phi) is 5.37. The third-order valence-corrected chi connectivity index (χ3v) is 3.20. The lowest BCUT2D eigenvalue weighted by Crippen LogP contribution is -2.30. The number of thioether (sulfide) groups is 1. The van der Waals surface area contributed by atoms with E-state index >= 15 is 0 Å². The molecule has 0 amide bonds. The molecule has 0 aliphatic carbocycles. The Hall–Kier alpha value is -1.14. The molecule has 3 N–H and O–H groups in total. The van der Waals surface area contributed by atoms with Gasteiger partial charge in [-0.15, -0.1) is 0 Å². The van der Waals surface area contributed by atoms with Gasteiger partial charge in [0, 0.05) is 5.75 Å². The molecule has 1 rings (SSSR count). The topological polar surface area (TPSA) is 63.3 Å². The minimum atomic E-state index is -1.03. The van der Waals surface area contributed by atoms with E-state index in [0.29, 0.717) is 23.5 Å². The van der Waals surface area contributed by atoms with E-state index in [0.717, 1.165) is 12.1 Å². The highest BCUT2D eigenvalue weighted by Crippen LogP contribution is 2.16. The minimum absolute atomic E-state index is 0.351. The lowest BCUT2D eigenvalue weighted by atomic mass is 10.2. The Morgan fingerprint density at radius 1 is 1.41 bits per heavy atom. The first-order chi connectivity index (χ1) is 8.00. The van der Waals surface area contributed by atoms with E-state index in [2.05, 4.69) is 0 Å². The van der Waals surface area contributed by atoms with Gasteiger partial charge in [-0.05, 0) is 29.9 Å². The van der Waals surface area contributed by atoms with Crippen LogP contribution in [-0.4, -0.2) is 22.9 Å². The van der Waals surface area contributed by atoms with E-state index < -0.39 is 23.6 Å². The summed E-state index contributed by atoms with van der Waals surface area (Å²) in [6.45, 7) is 0. The molecule has 0 saturated heterocycles. The van der Waals surface area contributed by atoms with Crippen molar-refractivity contribution >= 4 is 17.7 Å². The van der Waals surface area contributed by atoms with Crippen molar-refractivity contribution in [2.75, 3.05) is 5.75 Å². The molecule has 0 saturated carbocycles. The van der Waals surface area contributed by atoms with Crippen molar-refractivity contribution in [1.29, 1.82) is 0 Å². The quantitative estimate of drug-likeness (QED) is 0.769. The van der Waals surface area contributed by atoms with Crippen LogP contribution in [-0.2, 0) is 10.5 Å². The fourth-order valence-corrected chi connectivity index (χ4v) is 2.13. The normalized spacial score (nSPS) is 12.4. The van der Waals surface area contributed by atoms with Crippen molar-refractivity contribution in [1.82, 2.24) is 0 Å². The zero-order valence-corrected chi connectivity index (χ0v) is 9.84. The van der Waals surface area contributed by atoms with Gasteiger partial charge in [-0.3, -0.25) is 4.79 Å². The highest BCUT2D eigenvalue weighted by atomic mass is 32.2. The molecule has 3 nitrogen and oxygen atoms in total. The fourth-order valence-electron chi connectivity index (χ4n) is 1.15. The highest BCUT2D eigenvalue weighted by Gasteiger charge is 2.10. The van der Waals surface area contributed by atoms with Crippen LogP contribution >= 0.6 is 11.8 Å². The molecule has 0 heterocycles. The predicted molar refractivity (Wildman–Crippen MR) is 62.7 cm³/mol. The smallest absolute Gasteiger partial charge is 0.320 e. The number of rotatable bonds is 6. The fraction of sp³-hybridized carbons (Fsp3) is 0.364. The van der Waals surface area contributed by atoms with E-state index in [1.54, 1.807) is 0 Å². The van der Waals surface area contributed by atoms with Gasteiger partial charge in [-0.1, -0.05) is 6.07 Å². The number of carboxylic acids is 1. The first kappa shape index (κ1) is 13.9. The van der Waals surface area contributed by atoms with Crippen LogP contribution in [0.1, 0.15) is 12.0 Å². The molecule has 0 bridgehead atoms. The number of halogens is 2. The first-order valence-corrected chi connectivity index (χ1v) is 6.16. The standard InChI is InChI=1S/C11H13F2NO2S/c12-8-2-1-7(5-9(8)13)6-17-4-3-10(14)11(15)16/h1-2,5,10H,3-4,6,14H2,(H,15,16). The number of hydrogen-bond donors (Lipinski definition) is 2. The molecule has 6 heteroatoms. The second-order valence-electron chi connectivity index (χ2n) is 3.53. The third-order valence-electron chi connectivity index (χ3n) is 2.14. The molecule has 0 spiro atoms. The molecule has 0 fully saturated rings. The predicted octanol–water partition coefficient (Wildman–Crippen LogP) is 2.00. The molecular weight excluding hydrogens is 248 g/mol. The summed E-state index contributed by atoms with van der Waals surface area (Å²) < 4.78 is 25.5. The number of carboxylic acid groups (broad SMARTS) is 1. The van der Waals surface area contributed by atoms with Gasteiger partial charge in [0.1, 0.15) is 6.04 Å². The second-order valence-corrected chi connectivity index (χ2v) is 4.64. The van der Waals surface area contributed by atoms with Crippen LogP contribution in [0.15, 0.2) is 18.2 Å². The molecule has 0 aliphatic rings. The van der Waals surface area contributed by atoms with Gasteiger partial charge in [-0.25, -0.2) is 8.78 Å². The molecule has 1 aromatic carbocycles. The molecule has 0 radical (unpaired) electrons. The molecule has 94 valence electrons. The maximum atomic E-state index is 12.8. The molecule has 1 aromatic rings. The van der Waals surface area contributed by atoms with E-state index in [-0.39, 0.29) is 0 Å². The summed E-state index contributed by atoms with van der Waals surface area (Å²) >= 11 is 1.43. The van der Waals surface area contributed by atoms with Crippen LogP contribution in [0.4, 0.5) is 8.78 Å². The van der Waals surface area contributed by atoms with Crippen LogP contribution in [0, 0.1) is 11.6 Å². The van der Waals surface area contributed by atoms with Crippen LogP contribution in [0.2, 0.25) is 0 Å². The summed E-state index contributed by atoms with van der Waals surface area (Å²) in [4.78, 5) is 10.4. The molecule has 17 heavy (non-hydrogen) atoms. The SMILES string of the molecule is NC(CCSCc1ccc(F)c(F)c1)C(=O)O. The van der Waals surface area contributed by atoms with Crippen LogP contribution in [0.3, 0.4) is 0 Å². The number of benzene rings is 1. The lowest BCUT2D eigenvalue weighted by Gasteiger charge is -2.06. The Bertz CT molecular complexity index is 401. The van der Waals surface area contributed by atoms with Crippen molar-refractivity contribution in [3.05, 3.63) is 35.4 Å². The van der Waals surface area contributed by atoms with Crippen molar-refractivity contribution in [3.8, 4) is 0 Å². The lowest BCUT2D eigenvalue weighted by molar-refractivity contribution is -0.138. The van der Waals surface area contributed by atoms with Gasteiger partial charge in [0.15, 0.2) is 11.6 Å². The van der Waals surface area contributed by atoms with E-state index in [1.165, 1.54) is 17.8 Å². The maximum Gasteiger partial charge on any atom is 0.320 e. The number of hydrogen-bond acceptors (Lipinski definition) is 3. The minimum Gasteiger partial charge on any atom is -0.480 e. The third kappa shape index (κ3) is 4.70. The van der Waals surface area contributed by atoms with Gasteiger partial charge in [-0.2, -0.15) is 11.8 Å². The molecule has 0 aromatic heterocycles. The summed E-state index contributed by atoms with van der Waals surface area (Å²) in [7, 11) is 0. The van der Waals surface area contributed by atoms with Crippen LogP contribution in [0.5, 0.6) is 0 Å². The van der Waals surface area contributed by atoms with Crippen molar-refractivity contribution in [2.45, 2.75) is 18.2 Å². The van der Waals surface area contributed by atoms with Crippen molar-refractivity contribution in [2.24, 2.45) is 5.73 Å². The number of carbonyl (C=O) groups is 1. The Morgan fingerprint density at radius 3 is 2.71 bits per heavy atom. The summed E-state index contributed by atoms with van der Waals surface area (Å²) in [5.41, 5.74) is 5.98. The summed E-state index contributed by atoms with van der Waals surface area (Å²) in [6.07, 6.45) is 0.351. The molecule has 1 unspecified atom stereocenters. The Morgan fingerprint density at radius 2 is 2.12 bits per heavy atom. The Labute approximate surface area is 102 Å². The number of nitrogens with two attached hydrogens (primary N) is 1. The van der Waals surface area contributed by atoms with Gasteiger partial charge in [0.05, 0.1) is 0 Å². The summed E-state index contributed by atoms with van der Waals surface area (Å²) in [6, 6.07) is 2.85. The molecule has 0 aliphatic heterocycles. The van der Waals surface area contributed by atoms with Crippen molar-refractivity contribution in [3.63, 3.8) is 0 Å². The van der Waals surface area contributed by atoms with E-state index in [1.807, 2.05) is 0 Å².